The van der Waals surface area contributed by atoms with E-state index < -0.39 is 11.6 Å². The van der Waals surface area contributed by atoms with E-state index in [0.717, 1.165) is 31.0 Å². The molecule has 1 aliphatic carbocycles. The van der Waals surface area contributed by atoms with Crippen LogP contribution < -0.4 is 10.5 Å². The fourth-order valence-corrected chi connectivity index (χ4v) is 2.43. The summed E-state index contributed by atoms with van der Waals surface area (Å²) in [6.07, 6.45) is 3.54. The largest absolute Gasteiger partial charge is 0.491 e. The van der Waals surface area contributed by atoms with Gasteiger partial charge in [0, 0.05) is 23.1 Å². The Hall–Kier alpha value is -1.43. The number of pyridine rings is 1. The summed E-state index contributed by atoms with van der Waals surface area (Å²) in [6, 6.07) is 4.77. The van der Waals surface area contributed by atoms with Crippen LogP contribution in [0.4, 0.5) is 8.78 Å². The molecular formula is C16H16Cl2F2N2O. The van der Waals surface area contributed by atoms with E-state index in [1.807, 2.05) is 0 Å². The van der Waals surface area contributed by atoms with Crippen LogP contribution in [0.3, 0.4) is 0 Å². The Morgan fingerprint density at radius 3 is 2.61 bits per heavy atom. The number of halogens is 4. The van der Waals surface area contributed by atoms with Gasteiger partial charge in [-0.3, -0.25) is 0 Å². The van der Waals surface area contributed by atoms with Crippen molar-refractivity contribution in [3.8, 4) is 16.9 Å². The summed E-state index contributed by atoms with van der Waals surface area (Å²) < 4.78 is 32.9. The van der Waals surface area contributed by atoms with E-state index in [1.165, 1.54) is 6.20 Å². The highest BCUT2D eigenvalue weighted by molar-refractivity contribution is 6.32. The van der Waals surface area contributed by atoms with Gasteiger partial charge < -0.3 is 10.5 Å². The van der Waals surface area contributed by atoms with Crippen LogP contribution in [0.1, 0.15) is 12.8 Å². The number of benzene rings is 1. The topological polar surface area (TPSA) is 48.1 Å². The summed E-state index contributed by atoms with van der Waals surface area (Å²) in [7, 11) is 0. The number of hydrogen-bond donors (Lipinski definition) is 1. The van der Waals surface area contributed by atoms with Crippen LogP contribution in [0.5, 0.6) is 5.75 Å². The maximum absolute atomic E-state index is 13.9. The van der Waals surface area contributed by atoms with Crippen molar-refractivity contribution in [1.82, 2.24) is 4.98 Å². The third-order valence-corrected chi connectivity index (χ3v) is 4.27. The van der Waals surface area contributed by atoms with Crippen molar-refractivity contribution < 1.29 is 13.5 Å². The molecule has 0 amide bonds. The van der Waals surface area contributed by atoms with Crippen molar-refractivity contribution in [2.75, 3.05) is 13.2 Å². The third-order valence-electron chi connectivity index (χ3n) is 3.97. The first-order chi connectivity index (χ1) is 10.5. The first-order valence-corrected chi connectivity index (χ1v) is 7.35. The van der Waals surface area contributed by atoms with E-state index in [1.54, 1.807) is 6.07 Å². The fraction of sp³-hybridized carbons (Fsp3) is 0.312. The van der Waals surface area contributed by atoms with Gasteiger partial charge in [0.15, 0.2) is 0 Å². The molecule has 7 heteroatoms. The van der Waals surface area contributed by atoms with E-state index in [9.17, 15) is 8.78 Å². The van der Waals surface area contributed by atoms with Gasteiger partial charge >= 0.3 is 0 Å². The molecule has 0 saturated heterocycles. The molecule has 0 spiro atoms. The third kappa shape index (κ3) is 3.91. The average Bonchev–Trinajstić information content (AvgIpc) is 3.30. The number of hydrogen-bond acceptors (Lipinski definition) is 3. The van der Waals surface area contributed by atoms with Gasteiger partial charge in [-0.2, -0.15) is 0 Å². The number of ether oxygens (including phenoxy) is 1. The van der Waals surface area contributed by atoms with Crippen LogP contribution in [0.25, 0.3) is 11.1 Å². The smallest absolute Gasteiger partial charge is 0.138 e. The minimum absolute atomic E-state index is 0. The Morgan fingerprint density at radius 1 is 1.22 bits per heavy atom. The Morgan fingerprint density at radius 2 is 1.96 bits per heavy atom. The molecule has 2 aromatic rings. The number of rotatable bonds is 5. The van der Waals surface area contributed by atoms with Crippen LogP contribution in [0.2, 0.25) is 5.15 Å². The Bertz CT molecular complexity index is 708. The highest BCUT2D eigenvalue weighted by Crippen LogP contribution is 2.44. The standard InChI is InChI=1S/C16H15ClF2N2O.ClH/c17-15-13(12-5-10(18)1-2-14(12)19)6-11(7-21-15)22-9-16(8-20)3-4-16;/h1-2,5-7H,3-4,8-9,20H2;1H. The van der Waals surface area contributed by atoms with Crippen molar-refractivity contribution in [2.45, 2.75) is 12.8 Å². The Labute approximate surface area is 144 Å². The van der Waals surface area contributed by atoms with E-state index in [-0.39, 0.29) is 28.5 Å². The molecule has 3 rings (SSSR count). The lowest BCUT2D eigenvalue weighted by atomic mass is 10.1. The molecule has 1 saturated carbocycles. The first-order valence-electron chi connectivity index (χ1n) is 6.97. The number of nitrogens with zero attached hydrogens (tertiary/aromatic N) is 1. The lowest BCUT2D eigenvalue weighted by molar-refractivity contribution is 0.238. The fourth-order valence-electron chi connectivity index (χ4n) is 2.22. The molecule has 0 unspecified atom stereocenters. The van der Waals surface area contributed by atoms with Crippen LogP contribution in [-0.2, 0) is 0 Å². The van der Waals surface area contributed by atoms with Crippen molar-refractivity contribution in [3.05, 3.63) is 47.2 Å². The molecule has 0 aliphatic heterocycles. The highest BCUT2D eigenvalue weighted by Gasteiger charge is 2.42. The van der Waals surface area contributed by atoms with Crippen molar-refractivity contribution in [2.24, 2.45) is 11.1 Å². The predicted molar refractivity (Wildman–Crippen MR) is 88.1 cm³/mol. The zero-order valence-corrected chi connectivity index (χ0v) is 13.8. The van der Waals surface area contributed by atoms with Gasteiger partial charge in [-0.05, 0) is 37.1 Å². The van der Waals surface area contributed by atoms with Gasteiger partial charge in [0.25, 0.3) is 0 Å². The molecule has 1 aromatic carbocycles. The normalized spacial score (nSPS) is 15.0. The van der Waals surface area contributed by atoms with Gasteiger partial charge in [-0.25, -0.2) is 13.8 Å². The molecule has 2 N–H and O–H groups in total. The predicted octanol–water partition coefficient (Wildman–Crippen LogP) is 4.22. The molecule has 1 fully saturated rings. The monoisotopic (exact) mass is 360 g/mol. The molecule has 124 valence electrons. The minimum Gasteiger partial charge on any atom is -0.491 e. The molecule has 23 heavy (non-hydrogen) atoms. The zero-order chi connectivity index (χ0) is 15.7. The Kier molecular flexibility index (Phi) is 5.45. The summed E-state index contributed by atoms with van der Waals surface area (Å²) in [6.45, 7) is 1.05. The molecular weight excluding hydrogens is 345 g/mol. The average molecular weight is 361 g/mol. The van der Waals surface area contributed by atoms with Gasteiger partial charge in [0.2, 0.25) is 0 Å². The minimum atomic E-state index is -0.567. The second-order valence-corrected chi connectivity index (χ2v) is 5.98. The van der Waals surface area contributed by atoms with Gasteiger partial charge in [-0.15, -0.1) is 12.4 Å². The van der Waals surface area contributed by atoms with Crippen LogP contribution in [0.15, 0.2) is 30.5 Å². The summed E-state index contributed by atoms with van der Waals surface area (Å²) in [5.74, 6) is -0.649. The molecule has 0 bridgehead atoms. The molecule has 1 heterocycles. The first kappa shape index (κ1) is 17.9. The summed E-state index contributed by atoms with van der Waals surface area (Å²) in [5, 5.41) is 0.0943. The van der Waals surface area contributed by atoms with Crippen molar-refractivity contribution >= 4 is 24.0 Å². The summed E-state index contributed by atoms with van der Waals surface area (Å²) >= 11 is 6.01. The zero-order valence-electron chi connectivity index (χ0n) is 12.2. The van der Waals surface area contributed by atoms with E-state index in [2.05, 4.69) is 4.98 Å². The maximum Gasteiger partial charge on any atom is 0.138 e. The van der Waals surface area contributed by atoms with Crippen LogP contribution in [0, 0.1) is 17.0 Å². The second-order valence-electron chi connectivity index (χ2n) is 5.63. The SMILES string of the molecule is Cl.NCC1(COc2cnc(Cl)c(-c3cc(F)ccc3F)c2)CC1. The van der Waals surface area contributed by atoms with E-state index in [4.69, 9.17) is 22.1 Å². The summed E-state index contributed by atoms with van der Waals surface area (Å²) in [4.78, 5) is 3.99. The summed E-state index contributed by atoms with van der Waals surface area (Å²) in [5.41, 5.74) is 6.11. The molecule has 1 aromatic heterocycles. The molecule has 1 aliphatic rings. The second kappa shape index (κ2) is 6.99. The number of nitrogens with two attached hydrogens (primary N) is 1. The molecule has 0 radical (unpaired) electrons. The van der Waals surface area contributed by atoms with E-state index in [0.29, 0.717) is 24.5 Å². The Balaban J connectivity index is 0.00000192. The van der Waals surface area contributed by atoms with Gasteiger partial charge in [-0.1, -0.05) is 11.6 Å². The van der Waals surface area contributed by atoms with Crippen molar-refractivity contribution in [1.29, 1.82) is 0 Å². The molecule has 0 atom stereocenters. The lowest BCUT2D eigenvalue weighted by Gasteiger charge is -2.14. The maximum atomic E-state index is 13.9. The quantitative estimate of drug-likeness (QED) is 0.812. The van der Waals surface area contributed by atoms with Gasteiger partial charge in [0.05, 0.1) is 12.8 Å². The molecule has 3 nitrogen and oxygen atoms in total. The van der Waals surface area contributed by atoms with Crippen molar-refractivity contribution in [3.63, 3.8) is 0 Å². The lowest BCUT2D eigenvalue weighted by Crippen LogP contribution is -2.22. The van der Waals surface area contributed by atoms with E-state index >= 15 is 0 Å². The highest BCUT2D eigenvalue weighted by atomic mass is 35.5. The van der Waals surface area contributed by atoms with Gasteiger partial charge in [0.1, 0.15) is 22.5 Å². The van der Waals surface area contributed by atoms with Crippen LogP contribution in [-0.4, -0.2) is 18.1 Å². The van der Waals surface area contributed by atoms with Crippen LogP contribution >= 0.6 is 24.0 Å². The number of aromatic nitrogens is 1.